The predicted molar refractivity (Wildman–Crippen MR) is 48.7 cm³/mol. The number of rotatable bonds is 4. The molecule has 1 aliphatic carbocycles. The van der Waals surface area contributed by atoms with Crippen molar-refractivity contribution in [2.24, 2.45) is 0 Å². The van der Waals surface area contributed by atoms with Crippen molar-refractivity contribution in [2.75, 3.05) is 20.3 Å². The molecular weight excluding hydrogens is 168 g/mol. The maximum Gasteiger partial charge on any atom is 0.104 e. The second-order valence-corrected chi connectivity index (χ2v) is 3.89. The summed E-state index contributed by atoms with van der Waals surface area (Å²) in [5.74, 6) is 0. The summed E-state index contributed by atoms with van der Waals surface area (Å²) in [6.45, 7) is 1.63. The van der Waals surface area contributed by atoms with Gasteiger partial charge in [0.25, 0.3) is 0 Å². The van der Waals surface area contributed by atoms with Crippen LogP contribution in [0.15, 0.2) is 0 Å². The Kier molecular flexibility index (Phi) is 3.19. The molecule has 3 heteroatoms. The molecule has 1 heterocycles. The maximum atomic E-state index is 5.76. The van der Waals surface area contributed by atoms with Gasteiger partial charge in [0.1, 0.15) is 6.10 Å². The van der Waals surface area contributed by atoms with Gasteiger partial charge in [0.2, 0.25) is 0 Å². The minimum atomic E-state index is 0.308. The van der Waals surface area contributed by atoms with E-state index in [0.717, 1.165) is 26.1 Å². The van der Waals surface area contributed by atoms with E-state index in [-0.39, 0.29) is 0 Å². The number of epoxide rings is 1. The Morgan fingerprint density at radius 3 is 2.54 bits per heavy atom. The Morgan fingerprint density at radius 1 is 1.23 bits per heavy atom. The van der Waals surface area contributed by atoms with Gasteiger partial charge < -0.3 is 14.2 Å². The molecule has 13 heavy (non-hydrogen) atoms. The van der Waals surface area contributed by atoms with Crippen LogP contribution in [0.3, 0.4) is 0 Å². The number of hydrogen-bond acceptors (Lipinski definition) is 3. The molecule has 0 radical (unpaired) electrons. The van der Waals surface area contributed by atoms with E-state index < -0.39 is 0 Å². The van der Waals surface area contributed by atoms with Crippen molar-refractivity contribution in [3.8, 4) is 0 Å². The largest absolute Gasteiger partial charge is 0.379 e. The first-order chi connectivity index (χ1) is 6.40. The molecule has 2 rings (SSSR count). The third-order valence-corrected chi connectivity index (χ3v) is 2.84. The van der Waals surface area contributed by atoms with Gasteiger partial charge >= 0.3 is 0 Å². The van der Waals surface area contributed by atoms with Crippen LogP contribution in [-0.2, 0) is 14.2 Å². The van der Waals surface area contributed by atoms with E-state index >= 15 is 0 Å². The van der Waals surface area contributed by atoms with Crippen molar-refractivity contribution >= 4 is 0 Å². The number of methoxy groups -OCH3 is 1. The predicted octanol–water partition coefficient (Wildman–Crippen LogP) is 1.36. The SMILES string of the molecule is COC1CCCCC1OCC1CO1. The van der Waals surface area contributed by atoms with Crippen molar-refractivity contribution in [3.05, 3.63) is 0 Å². The fraction of sp³-hybridized carbons (Fsp3) is 1.00. The van der Waals surface area contributed by atoms with Crippen LogP contribution in [-0.4, -0.2) is 38.6 Å². The first-order valence-corrected chi connectivity index (χ1v) is 5.16. The van der Waals surface area contributed by atoms with Crippen LogP contribution in [0.1, 0.15) is 25.7 Å². The van der Waals surface area contributed by atoms with Crippen molar-refractivity contribution in [1.82, 2.24) is 0 Å². The van der Waals surface area contributed by atoms with E-state index in [1.165, 1.54) is 12.8 Å². The standard InChI is InChI=1S/C10H18O3/c1-11-9-4-2-3-5-10(9)13-7-8-6-12-8/h8-10H,2-7H2,1H3. The van der Waals surface area contributed by atoms with Crippen molar-refractivity contribution < 1.29 is 14.2 Å². The number of ether oxygens (including phenoxy) is 3. The van der Waals surface area contributed by atoms with Gasteiger partial charge in [-0.2, -0.15) is 0 Å². The first kappa shape index (κ1) is 9.44. The lowest BCUT2D eigenvalue weighted by molar-refractivity contribution is -0.0793. The molecule has 2 aliphatic rings. The molecule has 1 aliphatic heterocycles. The summed E-state index contributed by atoms with van der Waals surface area (Å²) in [7, 11) is 1.78. The molecule has 76 valence electrons. The lowest BCUT2D eigenvalue weighted by Crippen LogP contribution is -2.34. The highest BCUT2D eigenvalue weighted by Gasteiger charge is 2.29. The van der Waals surface area contributed by atoms with Gasteiger partial charge in [-0.3, -0.25) is 0 Å². The molecule has 0 spiro atoms. The average Bonchev–Trinajstić information content (AvgIpc) is 2.99. The highest BCUT2D eigenvalue weighted by atomic mass is 16.6. The summed E-state index contributed by atoms with van der Waals surface area (Å²) < 4.78 is 16.3. The summed E-state index contributed by atoms with van der Waals surface area (Å²) in [6.07, 6.45) is 5.83. The van der Waals surface area contributed by atoms with Crippen LogP contribution >= 0.6 is 0 Å². The van der Waals surface area contributed by atoms with Crippen LogP contribution in [0.5, 0.6) is 0 Å². The zero-order valence-corrected chi connectivity index (χ0v) is 8.20. The molecule has 0 aromatic carbocycles. The van der Waals surface area contributed by atoms with E-state index in [4.69, 9.17) is 14.2 Å². The molecule has 2 fully saturated rings. The summed E-state index contributed by atoms with van der Waals surface area (Å²) >= 11 is 0. The van der Waals surface area contributed by atoms with Gasteiger partial charge in [0.15, 0.2) is 0 Å². The van der Waals surface area contributed by atoms with Gasteiger partial charge in [0, 0.05) is 7.11 Å². The molecule has 1 saturated carbocycles. The Balaban J connectivity index is 1.72. The highest BCUT2D eigenvalue weighted by Crippen LogP contribution is 2.24. The molecule has 0 amide bonds. The maximum absolute atomic E-state index is 5.76. The molecule has 3 atom stereocenters. The molecule has 1 saturated heterocycles. The van der Waals surface area contributed by atoms with Crippen LogP contribution in [0.25, 0.3) is 0 Å². The lowest BCUT2D eigenvalue weighted by Gasteiger charge is -2.30. The second-order valence-electron chi connectivity index (χ2n) is 3.89. The molecule has 0 aromatic heterocycles. The van der Waals surface area contributed by atoms with Gasteiger partial charge in [-0.05, 0) is 12.8 Å². The van der Waals surface area contributed by atoms with Crippen molar-refractivity contribution in [2.45, 2.75) is 44.0 Å². The van der Waals surface area contributed by atoms with Crippen LogP contribution in [0, 0.1) is 0 Å². The topological polar surface area (TPSA) is 31.0 Å². The number of hydrogen-bond donors (Lipinski definition) is 0. The average molecular weight is 186 g/mol. The van der Waals surface area contributed by atoms with E-state index in [9.17, 15) is 0 Å². The quantitative estimate of drug-likeness (QED) is 0.621. The third-order valence-electron chi connectivity index (χ3n) is 2.84. The molecule has 0 bridgehead atoms. The van der Waals surface area contributed by atoms with Crippen molar-refractivity contribution in [3.63, 3.8) is 0 Å². The van der Waals surface area contributed by atoms with Gasteiger partial charge in [0.05, 0.1) is 25.4 Å². The fourth-order valence-corrected chi connectivity index (χ4v) is 1.92. The van der Waals surface area contributed by atoms with Crippen LogP contribution in [0.2, 0.25) is 0 Å². The second kappa shape index (κ2) is 4.40. The zero-order valence-electron chi connectivity index (χ0n) is 8.20. The third kappa shape index (κ3) is 2.66. The van der Waals surface area contributed by atoms with Crippen molar-refractivity contribution in [1.29, 1.82) is 0 Å². The lowest BCUT2D eigenvalue weighted by atomic mass is 9.94. The Labute approximate surface area is 79.4 Å². The van der Waals surface area contributed by atoms with E-state index in [1.54, 1.807) is 7.11 Å². The normalized spacial score (nSPS) is 39.0. The van der Waals surface area contributed by atoms with Gasteiger partial charge in [-0.15, -0.1) is 0 Å². The molecule has 3 unspecified atom stereocenters. The molecule has 0 N–H and O–H groups in total. The van der Waals surface area contributed by atoms with E-state index in [1.807, 2.05) is 0 Å². The Morgan fingerprint density at radius 2 is 1.92 bits per heavy atom. The summed E-state index contributed by atoms with van der Waals surface area (Å²) in [5.41, 5.74) is 0. The van der Waals surface area contributed by atoms with E-state index in [2.05, 4.69) is 0 Å². The van der Waals surface area contributed by atoms with Crippen LogP contribution < -0.4 is 0 Å². The monoisotopic (exact) mass is 186 g/mol. The summed E-state index contributed by atoms with van der Waals surface area (Å²) in [4.78, 5) is 0. The zero-order chi connectivity index (χ0) is 9.10. The van der Waals surface area contributed by atoms with Gasteiger partial charge in [-0.1, -0.05) is 12.8 Å². The first-order valence-electron chi connectivity index (χ1n) is 5.16. The van der Waals surface area contributed by atoms with Crippen LogP contribution in [0.4, 0.5) is 0 Å². The molecule has 0 aromatic rings. The molecule has 3 nitrogen and oxygen atoms in total. The minimum Gasteiger partial charge on any atom is -0.379 e. The Hall–Kier alpha value is -0.120. The highest BCUT2D eigenvalue weighted by molar-refractivity contribution is 4.78. The smallest absolute Gasteiger partial charge is 0.104 e. The molecular formula is C10H18O3. The summed E-state index contributed by atoms with van der Waals surface area (Å²) in [6, 6.07) is 0. The Bertz CT molecular complexity index is 156. The van der Waals surface area contributed by atoms with E-state index in [0.29, 0.717) is 18.3 Å². The summed E-state index contributed by atoms with van der Waals surface area (Å²) in [5, 5.41) is 0. The van der Waals surface area contributed by atoms with Gasteiger partial charge in [-0.25, -0.2) is 0 Å². The fourth-order valence-electron chi connectivity index (χ4n) is 1.92. The minimum absolute atomic E-state index is 0.308.